The van der Waals surface area contributed by atoms with Gasteiger partial charge in [0.05, 0.1) is 17.9 Å². The quantitative estimate of drug-likeness (QED) is 0.345. The predicted octanol–water partition coefficient (Wildman–Crippen LogP) is 5.23. The Morgan fingerprint density at radius 2 is 1.86 bits per heavy atom. The van der Waals surface area contributed by atoms with Crippen LogP contribution in [-0.2, 0) is 27.4 Å². The summed E-state index contributed by atoms with van der Waals surface area (Å²) >= 11 is 6.18. The molecule has 0 fully saturated rings. The van der Waals surface area contributed by atoms with Crippen LogP contribution in [0.5, 0.6) is 0 Å². The molecule has 1 aromatic heterocycles. The average molecular weight is 491 g/mol. The van der Waals surface area contributed by atoms with Gasteiger partial charge in [0.25, 0.3) is 0 Å². The maximum atomic E-state index is 12.1. The summed E-state index contributed by atoms with van der Waals surface area (Å²) in [7, 11) is 0. The van der Waals surface area contributed by atoms with Gasteiger partial charge >= 0.3 is 5.97 Å². The van der Waals surface area contributed by atoms with Crippen molar-refractivity contribution in [1.29, 1.82) is 0 Å². The van der Waals surface area contributed by atoms with Gasteiger partial charge in [0.2, 0.25) is 5.91 Å². The number of anilines is 1. The Labute approximate surface area is 186 Å². The number of aryl methyl sites for hydroxylation is 1. The van der Waals surface area contributed by atoms with Crippen LogP contribution in [0, 0.1) is 6.92 Å². The van der Waals surface area contributed by atoms with E-state index < -0.39 is 0 Å². The fraction of sp³-hybridized carbons (Fsp3) is 0.190. The highest BCUT2D eigenvalue weighted by Gasteiger charge is 2.11. The number of halogens is 1. The van der Waals surface area contributed by atoms with Crippen LogP contribution in [0.4, 0.5) is 5.69 Å². The van der Waals surface area contributed by atoms with Crippen LogP contribution in [0.2, 0.25) is 0 Å². The molecule has 0 bridgehead atoms. The zero-order chi connectivity index (χ0) is 20.6. The Balaban J connectivity index is 1.41. The van der Waals surface area contributed by atoms with E-state index in [-0.39, 0.29) is 30.7 Å². The zero-order valence-electron chi connectivity index (χ0n) is 15.7. The molecule has 8 heteroatoms. The number of aromatic nitrogens is 1. The second-order valence-electron chi connectivity index (χ2n) is 6.23. The summed E-state index contributed by atoms with van der Waals surface area (Å²) in [4.78, 5) is 29.5. The van der Waals surface area contributed by atoms with Crippen molar-refractivity contribution in [2.24, 2.45) is 0 Å². The first kappa shape index (κ1) is 21.5. The molecule has 0 aliphatic rings. The Hall–Kier alpha value is -2.16. The minimum absolute atomic E-state index is 0.107. The summed E-state index contributed by atoms with van der Waals surface area (Å²) < 4.78 is 6.27. The van der Waals surface area contributed by atoms with Gasteiger partial charge in [0.1, 0.15) is 11.6 Å². The molecule has 0 aliphatic heterocycles. The number of ether oxygens (including phenoxy) is 1. The number of amides is 1. The monoisotopic (exact) mass is 490 g/mol. The largest absolute Gasteiger partial charge is 0.459 e. The van der Waals surface area contributed by atoms with Crippen molar-refractivity contribution in [2.75, 3.05) is 11.1 Å². The van der Waals surface area contributed by atoms with E-state index in [2.05, 4.69) is 26.2 Å². The van der Waals surface area contributed by atoms with Gasteiger partial charge in [0.15, 0.2) is 0 Å². The molecule has 150 valence electrons. The molecule has 0 radical (unpaired) electrons. The third kappa shape index (κ3) is 7.30. The molecule has 1 N–H and O–H groups in total. The van der Waals surface area contributed by atoms with Crippen LogP contribution in [0.25, 0.3) is 0 Å². The molecule has 3 aromatic rings. The lowest BCUT2D eigenvalue weighted by Crippen LogP contribution is -2.14. The molecule has 0 unspecified atom stereocenters. The Morgan fingerprint density at radius 3 is 2.59 bits per heavy atom. The molecule has 0 saturated heterocycles. The lowest BCUT2D eigenvalue weighted by atomic mass is 10.2. The topological polar surface area (TPSA) is 68.3 Å². The standard InChI is InChI=1S/C21H19BrN2O3S2/c1-14-2-6-16(7-3-14)23-19(25)10-20-24-17(12-29-20)11-27-21(26)13-28-18-8-4-15(22)5-9-18/h2-9,12H,10-11,13H2,1H3,(H,23,25). The van der Waals surface area contributed by atoms with E-state index >= 15 is 0 Å². The van der Waals surface area contributed by atoms with Gasteiger partial charge < -0.3 is 10.1 Å². The first-order valence-electron chi connectivity index (χ1n) is 8.82. The first-order chi connectivity index (χ1) is 14.0. The van der Waals surface area contributed by atoms with E-state index in [1.54, 1.807) is 0 Å². The van der Waals surface area contributed by atoms with Gasteiger partial charge in [-0.2, -0.15) is 0 Å². The van der Waals surface area contributed by atoms with Gasteiger partial charge in [-0.25, -0.2) is 4.98 Å². The maximum Gasteiger partial charge on any atom is 0.316 e. The summed E-state index contributed by atoms with van der Waals surface area (Å²) in [5, 5.41) is 5.34. The molecule has 1 amide bonds. The van der Waals surface area contributed by atoms with Gasteiger partial charge in [-0.1, -0.05) is 33.6 Å². The number of rotatable bonds is 8. The molecule has 29 heavy (non-hydrogen) atoms. The Bertz CT molecular complexity index is 972. The van der Waals surface area contributed by atoms with E-state index in [9.17, 15) is 9.59 Å². The second kappa shape index (κ2) is 10.6. The number of thioether (sulfide) groups is 1. The summed E-state index contributed by atoms with van der Waals surface area (Å²) in [5.74, 6) is -0.195. The van der Waals surface area contributed by atoms with Gasteiger partial charge in [-0.3, -0.25) is 9.59 Å². The average Bonchev–Trinajstić information content (AvgIpc) is 3.15. The smallest absolute Gasteiger partial charge is 0.316 e. The normalized spacial score (nSPS) is 10.6. The number of hydrogen-bond acceptors (Lipinski definition) is 6. The van der Waals surface area contributed by atoms with Crippen LogP contribution in [0.1, 0.15) is 16.3 Å². The minimum Gasteiger partial charge on any atom is -0.459 e. The van der Waals surface area contributed by atoms with E-state index in [1.807, 2.05) is 60.8 Å². The number of nitrogens with zero attached hydrogens (tertiary/aromatic N) is 1. The molecule has 5 nitrogen and oxygen atoms in total. The van der Waals surface area contributed by atoms with E-state index in [0.29, 0.717) is 10.7 Å². The number of carbonyl (C=O) groups excluding carboxylic acids is 2. The number of nitrogens with one attached hydrogen (secondary N) is 1. The summed E-state index contributed by atoms with van der Waals surface area (Å²) in [5.41, 5.74) is 2.54. The van der Waals surface area contributed by atoms with Crippen molar-refractivity contribution in [3.63, 3.8) is 0 Å². The van der Waals surface area contributed by atoms with Crippen LogP contribution in [0.15, 0.2) is 63.3 Å². The number of carbonyl (C=O) groups is 2. The fourth-order valence-electron chi connectivity index (χ4n) is 2.35. The van der Waals surface area contributed by atoms with Crippen molar-refractivity contribution in [3.8, 4) is 0 Å². The fourth-order valence-corrected chi connectivity index (χ4v) is 4.08. The van der Waals surface area contributed by atoms with E-state index in [4.69, 9.17) is 4.74 Å². The lowest BCUT2D eigenvalue weighted by molar-refractivity contribution is -0.141. The molecular weight excluding hydrogens is 472 g/mol. The summed E-state index contributed by atoms with van der Waals surface area (Å²) in [6.45, 7) is 2.10. The van der Waals surface area contributed by atoms with Gasteiger partial charge in [-0.05, 0) is 43.3 Å². The molecule has 0 saturated carbocycles. The van der Waals surface area contributed by atoms with Crippen LogP contribution < -0.4 is 5.32 Å². The predicted molar refractivity (Wildman–Crippen MR) is 120 cm³/mol. The molecule has 0 spiro atoms. The molecule has 1 heterocycles. The number of thiazole rings is 1. The molecule has 2 aromatic carbocycles. The molecule has 0 atom stereocenters. The highest BCUT2D eigenvalue weighted by molar-refractivity contribution is 9.10. The third-order valence-electron chi connectivity index (χ3n) is 3.80. The van der Waals surface area contributed by atoms with Crippen molar-refractivity contribution in [3.05, 3.63) is 74.6 Å². The van der Waals surface area contributed by atoms with Crippen LogP contribution >= 0.6 is 39.0 Å². The van der Waals surface area contributed by atoms with E-state index in [0.717, 1.165) is 20.6 Å². The van der Waals surface area contributed by atoms with Gasteiger partial charge in [0, 0.05) is 20.4 Å². The van der Waals surface area contributed by atoms with E-state index in [1.165, 1.54) is 23.1 Å². The highest BCUT2D eigenvalue weighted by atomic mass is 79.9. The SMILES string of the molecule is Cc1ccc(NC(=O)Cc2nc(COC(=O)CSc3ccc(Br)cc3)cs2)cc1. The minimum atomic E-state index is -0.301. The first-order valence-corrected chi connectivity index (χ1v) is 11.5. The van der Waals surface area contributed by atoms with Crippen LogP contribution in [-0.4, -0.2) is 22.6 Å². The summed E-state index contributed by atoms with van der Waals surface area (Å²) in [6, 6.07) is 15.4. The second-order valence-corrected chi connectivity index (χ2v) is 9.13. The van der Waals surface area contributed by atoms with Crippen molar-refractivity contribution < 1.29 is 14.3 Å². The van der Waals surface area contributed by atoms with Crippen LogP contribution in [0.3, 0.4) is 0 Å². The highest BCUT2D eigenvalue weighted by Crippen LogP contribution is 2.21. The van der Waals surface area contributed by atoms with Crippen molar-refractivity contribution >= 4 is 56.6 Å². The Morgan fingerprint density at radius 1 is 1.14 bits per heavy atom. The van der Waals surface area contributed by atoms with Gasteiger partial charge in [-0.15, -0.1) is 23.1 Å². The summed E-state index contributed by atoms with van der Waals surface area (Å²) in [6.07, 6.45) is 0.186. The number of benzene rings is 2. The zero-order valence-corrected chi connectivity index (χ0v) is 18.9. The lowest BCUT2D eigenvalue weighted by Gasteiger charge is -2.04. The van der Waals surface area contributed by atoms with Crippen molar-refractivity contribution in [2.45, 2.75) is 24.8 Å². The molecule has 0 aliphatic carbocycles. The Kier molecular flexibility index (Phi) is 7.85. The molecule has 3 rings (SSSR count). The number of hydrogen-bond donors (Lipinski definition) is 1. The molecular formula is C21H19BrN2O3S2. The number of esters is 1. The maximum absolute atomic E-state index is 12.1. The van der Waals surface area contributed by atoms with Crippen molar-refractivity contribution in [1.82, 2.24) is 4.98 Å². The third-order valence-corrected chi connectivity index (χ3v) is 6.21.